The molecule has 30 heavy (non-hydrogen) atoms. The van der Waals surface area contributed by atoms with Crippen LogP contribution >= 0.6 is 11.6 Å². The van der Waals surface area contributed by atoms with Gasteiger partial charge in [0, 0.05) is 34.8 Å². The lowest BCUT2D eigenvalue weighted by molar-refractivity contribution is 0.0943. The smallest absolute Gasteiger partial charge is 0.258 e. The zero-order valence-electron chi connectivity index (χ0n) is 16.8. The van der Waals surface area contributed by atoms with E-state index in [1.807, 2.05) is 0 Å². The van der Waals surface area contributed by atoms with Crippen LogP contribution in [0.5, 0.6) is 11.6 Å². The average Bonchev–Trinajstić information content (AvgIpc) is 3.20. The van der Waals surface area contributed by atoms with Crippen LogP contribution in [0, 0.1) is 0 Å². The highest BCUT2D eigenvalue weighted by Gasteiger charge is 2.24. The van der Waals surface area contributed by atoms with E-state index >= 15 is 0 Å². The van der Waals surface area contributed by atoms with Gasteiger partial charge in [0.1, 0.15) is 17.1 Å². The first-order valence-corrected chi connectivity index (χ1v) is 12.0. The molecule has 3 rings (SSSR count). The number of nitrogens with one attached hydrogen (secondary N) is 1. The van der Waals surface area contributed by atoms with E-state index < -0.39 is 21.8 Å². The SMILES string of the molecule is CC(C=CS(C)(=O)=O)NC(=O)c1cnc(C2CCCC2)nc1Oc1cccc(Cl)c1. The van der Waals surface area contributed by atoms with Crippen LogP contribution in [-0.4, -0.2) is 36.6 Å². The Morgan fingerprint density at radius 3 is 2.73 bits per heavy atom. The van der Waals surface area contributed by atoms with Crippen LogP contribution in [0.2, 0.25) is 5.02 Å². The van der Waals surface area contributed by atoms with Crippen molar-refractivity contribution in [2.24, 2.45) is 0 Å². The second-order valence-corrected chi connectivity index (χ2v) is 9.78. The van der Waals surface area contributed by atoms with Crippen molar-refractivity contribution in [1.82, 2.24) is 15.3 Å². The quantitative estimate of drug-likeness (QED) is 0.678. The van der Waals surface area contributed by atoms with Crippen molar-refractivity contribution in [3.05, 3.63) is 58.4 Å². The summed E-state index contributed by atoms with van der Waals surface area (Å²) in [4.78, 5) is 21.8. The molecule has 1 aliphatic carbocycles. The second-order valence-electron chi connectivity index (χ2n) is 7.41. The Hall–Kier alpha value is -2.45. The normalized spacial score (nSPS) is 16.0. The summed E-state index contributed by atoms with van der Waals surface area (Å²) in [6.07, 6.45) is 8.23. The largest absolute Gasteiger partial charge is 0.438 e. The molecular weight excluding hydrogens is 426 g/mol. The Kier molecular flexibility index (Phi) is 7.10. The lowest BCUT2D eigenvalue weighted by atomic mass is 10.1. The first-order chi connectivity index (χ1) is 14.2. The van der Waals surface area contributed by atoms with E-state index in [-0.39, 0.29) is 17.4 Å². The Morgan fingerprint density at radius 1 is 1.33 bits per heavy atom. The average molecular weight is 450 g/mol. The van der Waals surface area contributed by atoms with Crippen LogP contribution in [-0.2, 0) is 9.84 Å². The molecule has 7 nitrogen and oxygen atoms in total. The van der Waals surface area contributed by atoms with Crippen molar-refractivity contribution in [3.63, 3.8) is 0 Å². The molecule has 1 unspecified atom stereocenters. The molecule has 1 atom stereocenters. The Balaban J connectivity index is 1.87. The van der Waals surface area contributed by atoms with Gasteiger partial charge < -0.3 is 10.1 Å². The number of hydrogen-bond acceptors (Lipinski definition) is 6. The number of carbonyl (C=O) groups excluding carboxylic acids is 1. The van der Waals surface area contributed by atoms with E-state index in [9.17, 15) is 13.2 Å². The molecule has 160 valence electrons. The summed E-state index contributed by atoms with van der Waals surface area (Å²) in [7, 11) is -3.28. The van der Waals surface area contributed by atoms with Gasteiger partial charge in [-0.25, -0.2) is 13.4 Å². The highest BCUT2D eigenvalue weighted by atomic mass is 35.5. The monoisotopic (exact) mass is 449 g/mol. The molecular formula is C21H24ClN3O4S. The number of benzene rings is 1. The number of rotatable bonds is 7. The topological polar surface area (TPSA) is 98.2 Å². The van der Waals surface area contributed by atoms with Crippen molar-refractivity contribution in [1.29, 1.82) is 0 Å². The molecule has 0 radical (unpaired) electrons. The minimum absolute atomic E-state index is 0.144. The molecule has 0 aliphatic heterocycles. The molecule has 9 heteroatoms. The number of ether oxygens (including phenoxy) is 1. The summed E-state index contributed by atoms with van der Waals surface area (Å²) in [5, 5.41) is 4.28. The molecule has 0 saturated heterocycles. The Bertz CT molecular complexity index is 1050. The van der Waals surface area contributed by atoms with Gasteiger partial charge >= 0.3 is 0 Å². The standard InChI is InChI=1S/C21H24ClN3O4S/c1-14(10-11-30(2,27)28)24-20(26)18-13-23-19(15-6-3-4-7-15)25-21(18)29-17-9-5-8-16(22)12-17/h5,8-15H,3-4,6-7H2,1-2H3,(H,24,26). The summed E-state index contributed by atoms with van der Waals surface area (Å²) < 4.78 is 28.5. The van der Waals surface area contributed by atoms with Gasteiger partial charge in [-0.15, -0.1) is 0 Å². The molecule has 1 saturated carbocycles. The third-order valence-electron chi connectivity index (χ3n) is 4.72. The molecule has 1 fully saturated rings. The van der Waals surface area contributed by atoms with Gasteiger partial charge in [-0.2, -0.15) is 4.98 Å². The molecule has 1 aromatic heterocycles. The van der Waals surface area contributed by atoms with Gasteiger partial charge in [-0.1, -0.05) is 36.6 Å². The summed E-state index contributed by atoms with van der Waals surface area (Å²) in [6, 6.07) is 6.32. The van der Waals surface area contributed by atoms with Crippen LogP contribution in [0.3, 0.4) is 0 Å². The molecule has 0 spiro atoms. The number of nitrogens with zero attached hydrogens (tertiary/aromatic N) is 2. The van der Waals surface area contributed by atoms with Crippen LogP contribution < -0.4 is 10.1 Å². The van der Waals surface area contributed by atoms with Crippen molar-refractivity contribution in [3.8, 4) is 11.6 Å². The van der Waals surface area contributed by atoms with Crippen LogP contribution in [0.4, 0.5) is 0 Å². The first-order valence-electron chi connectivity index (χ1n) is 9.71. The van der Waals surface area contributed by atoms with Crippen LogP contribution in [0.15, 0.2) is 41.9 Å². The van der Waals surface area contributed by atoms with Gasteiger partial charge in [0.25, 0.3) is 5.91 Å². The van der Waals surface area contributed by atoms with E-state index in [4.69, 9.17) is 16.3 Å². The minimum Gasteiger partial charge on any atom is -0.438 e. The summed E-state index contributed by atoms with van der Waals surface area (Å²) in [5.41, 5.74) is 0.163. The number of amides is 1. The third-order valence-corrected chi connectivity index (χ3v) is 5.61. The molecule has 1 amide bonds. The lowest BCUT2D eigenvalue weighted by Crippen LogP contribution is -2.31. The van der Waals surface area contributed by atoms with Crippen molar-refractivity contribution < 1.29 is 17.9 Å². The third kappa shape index (κ3) is 6.27. The van der Waals surface area contributed by atoms with E-state index in [2.05, 4.69) is 15.3 Å². The first kappa shape index (κ1) is 22.2. The minimum atomic E-state index is -3.28. The number of sulfone groups is 1. The van der Waals surface area contributed by atoms with Crippen molar-refractivity contribution in [2.75, 3.05) is 6.26 Å². The van der Waals surface area contributed by atoms with Gasteiger partial charge in [0.2, 0.25) is 5.88 Å². The fourth-order valence-electron chi connectivity index (χ4n) is 3.23. The molecule has 2 aromatic rings. The highest BCUT2D eigenvalue weighted by molar-refractivity contribution is 7.93. The van der Waals surface area contributed by atoms with Gasteiger partial charge in [-0.3, -0.25) is 4.79 Å². The van der Waals surface area contributed by atoms with E-state index in [1.165, 1.54) is 12.3 Å². The number of carbonyl (C=O) groups is 1. The van der Waals surface area contributed by atoms with Crippen molar-refractivity contribution in [2.45, 2.75) is 44.6 Å². The maximum atomic E-state index is 12.8. The lowest BCUT2D eigenvalue weighted by Gasteiger charge is -2.15. The predicted octanol–water partition coefficient (Wildman–Crippen LogP) is 4.26. The molecule has 1 aliphatic rings. The zero-order valence-corrected chi connectivity index (χ0v) is 18.4. The second kappa shape index (κ2) is 9.57. The fraction of sp³-hybridized carbons (Fsp3) is 0.381. The van der Waals surface area contributed by atoms with Gasteiger partial charge in [-0.05, 0) is 38.0 Å². The van der Waals surface area contributed by atoms with Crippen LogP contribution in [0.25, 0.3) is 0 Å². The zero-order chi connectivity index (χ0) is 21.7. The number of aromatic nitrogens is 2. The molecule has 0 bridgehead atoms. The highest BCUT2D eigenvalue weighted by Crippen LogP contribution is 2.34. The summed E-state index contributed by atoms with van der Waals surface area (Å²) in [6.45, 7) is 1.67. The summed E-state index contributed by atoms with van der Waals surface area (Å²) >= 11 is 6.04. The van der Waals surface area contributed by atoms with Gasteiger partial charge in [0.05, 0.1) is 0 Å². The molecule has 1 aromatic carbocycles. The Labute approximate surface area is 181 Å². The predicted molar refractivity (Wildman–Crippen MR) is 116 cm³/mol. The van der Waals surface area contributed by atoms with E-state index in [0.29, 0.717) is 16.6 Å². The number of halogens is 1. The number of hydrogen-bond donors (Lipinski definition) is 1. The van der Waals surface area contributed by atoms with Gasteiger partial charge in [0.15, 0.2) is 9.84 Å². The summed E-state index contributed by atoms with van der Waals surface area (Å²) in [5.74, 6) is 1.05. The van der Waals surface area contributed by atoms with Crippen molar-refractivity contribution >= 4 is 27.3 Å². The van der Waals surface area contributed by atoms with Crippen LogP contribution in [0.1, 0.15) is 54.7 Å². The van der Waals surface area contributed by atoms with E-state index in [0.717, 1.165) is 37.3 Å². The maximum absolute atomic E-state index is 12.8. The molecule has 1 N–H and O–H groups in total. The van der Waals surface area contributed by atoms with E-state index in [1.54, 1.807) is 31.2 Å². The molecule has 1 heterocycles. The fourth-order valence-corrected chi connectivity index (χ4v) is 3.93. The maximum Gasteiger partial charge on any atom is 0.258 e. The Morgan fingerprint density at radius 2 is 2.07 bits per heavy atom.